The summed E-state index contributed by atoms with van der Waals surface area (Å²) in [6, 6.07) is 31.7. The molecule has 0 unspecified atom stereocenters. The minimum atomic E-state index is -0.267. The van der Waals surface area contributed by atoms with Crippen molar-refractivity contribution in [3.05, 3.63) is 114 Å². The molecule has 0 saturated carbocycles. The van der Waals surface area contributed by atoms with Crippen LogP contribution in [0.15, 0.2) is 97.1 Å². The molecule has 0 bridgehead atoms. The second-order valence-corrected chi connectivity index (χ2v) is 10.6. The highest BCUT2D eigenvalue weighted by Crippen LogP contribution is 2.30. The Morgan fingerprint density at radius 3 is 1.85 bits per heavy atom. The number of nitrogens with zero attached hydrogens (tertiary/aromatic N) is 5. The summed E-state index contributed by atoms with van der Waals surface area (Å²) < 4.78 is 13.2. The van der Waals surface area contributed by atoms with E-state index >= 15 is 0 Å². The van der Waals surface area contributed by atoms with Crippen LogP contribution in [0.3, 0.4) is 0 Å². The Bertz CT molecular complexity index is 1340. The highest BCUT2D eigenvalue weighted by Gasteiger charge is 2.33. The Labute approximate surface area is 235 Å². The molecule has 6 rings (SSSR count). The molecule has 2 saturated heterocycles. The summed E-state index contributed by atoms with van der Waals surface area (Å²) in [7, 11) is 0. The molecule has 3 aromatic carbocycles. The second-order valence-electron chi connectivity index (χ2n) is 10.6. The van der Waals surface area contributed by atoms with Gasteiger partial charge < -0.3 is 9.80 Å². The number of hydrogen-bond acceptors (Lipinski definition) is 5. The van der Waals surface area contributed by atoms with Gasteiger partial charge >= 0.3 is 0 Å². The lowest BCUT2D eigenvalue weighted by molar-refractivity contribution is -0.138. The summed E-state index contributed by atoms with van der Waals surface area (Å²) in [5.74, 6) is 0.885. The molecule has 40 heavy (non-hydrogen) atoms. The Hall–Kier alpha value is -4.10. The number of piperidine rings is 1. The molecule has 2 aliphatic rings. The van der Waals surface area contributed by atoms with E-state index in [1.807, 2.05) is 12.1 Å². The topological polar surface area (TPSA) is 52.6 Å². The van der Waals surface area contributed by atoms with Gasteiger partial charge in [-0.1, -0.05) is 60.7 Å². The second kappa shape index (κ2) is 12.0. The SMILES string of the molecule is O=C(C1CCN(c2ccc(-c3ccc(F)cc3)nn2)CC1)N1CCN(C(c2ccccc2)c2ccccc2)CC1. The molecule has 2 aliphatic heterocycles. The third kappa shape index (κ3) is 5.75. The highest BCUT2D eigenvalue weighted by molar-refractivity contribution is 5.79. The van der Waals surface area contributed by atoms with Gasteiger partial charge in [-0.05, 0) is 60.4 Å². The summed E-state index contributed by atoms with van der Waals surface area (Å²) in [5.41, 5.74) is 4.13. The van der Waals surface area contributed by atoms with Gasteiger partial charge in [0.2, 0.25) is 5.91 Å². The van der Waals surface area contributed by atoms with E-state index in [2.05, 4.69) is 85.6 Å². The van der Waals surface area contributed by atoms with Gasteiger partial charge in [0, 0.05) is 50.7 Å². The predicted molar refractivity (Wildman–Crippen MR) is 155 cm³/mol. The molecule has 0 atom stereocenters. The van der Waals surface area contributed by atoms with Crippen LogP contribution in [-0.2, 0) is 4.79 Å². The lowest BCUT2D eigenvalue weighted by atomic mass is 9.94. The number of hydrogen-bond donors (Lipinski definition) is 0. The van der Waals surface area contributed by atoms with Gasteiger partial charge in [-0.2, -0.15) is 0 Å². The summed E-state index contributed by atoms with van der Waals surface area (Å²) in [6.45, 7) is 4.79. The van der Waals surface area contributed by atoms with Crippen molar-refractivity contribution in [1.82, 2.24) is 20.0 Å². The van der Waals surface area contributed by atoms with Crippen molar-refractivity contribution in [3.8, 4) is 11.3 Å². The first kappa shape index (κ1) is 26.1. The number of carbonyl (C=O) groups excluding carboxylic acids is 1. The lowest BCUT2D eigenvalue weighted by Gasteiger charge is -2.41. The van der Waals surface area contributed by atoms with E-state index in [1.54, 1.807) is 12.1 Å². The lowest BCUT2D eigenvalue weighted by Crippen LogP contribution is -2.52. The molecule has 0 spiro atoms. The van der Waals surface area contributed by atoms with Crippen molar-refractivity contribution in [2.24, 2.45) is 5.92 Å². The predicted octanol–water partition coefficient (Wildman–Crippen LogP) is 5.43. The Morgan fingerprint density at radius 2 is 1.30 bits per heavy atom. The monoisotopic (exact) mass is 535 g/mol. The molecule has 204 valence electrons. The van der Waals surface area contributed by atoms with Crippen LogP contribution in [0.2, 0.25) is 0 Å². The normalized spacial score (nSPS) is 16.9. The first-order valence-corrected chi connectivity index (χ1v) is 14.1. The van der Waals surface area contributed by atoms with E-state index in [1.165, 1.54) is 23.3 Å². The Kier molecular flexibility index (Phi) is 7.82. The van der Waals surface area contributed by atoms with Crippen molar-refractivity contribution in [1.29, 1.82) is 0 Å². The van der Waals surface area contributed by atoms with E-state index < -0.39 is 0 Å². The largest absolute Gasteiger partial charge is 0.355 e. The van der Waals surface area contributed by atoms with Gasteiger partial charge in [0.15, 0.2) is 5.82 Å². The van der Waals surface area contributed by atoms with E-state index in [0.29, 0.717) is 0 Å². The van der Waals surface area contributed by atoms with Crippen molar-refractivity contribution in [2.75, 3.05) is 44.2 Å². The Balaban J connectivity index is 1.03. The maximum Gasteiger partial charge on any atom is 0.225 e. The fourth-order valence-corrected chi connectivity index (χ4v) is 5.97. The zero-order valence-electron chi connectivity index (χ0n) is 22.6. The molecule has 6 nitrogen and oxygen atoms in total. The van der Waals surface area contributed by atoms with Gasteiger partial charge in [0.1, 0.15) is 5.82 Å². The standard InChI is InChI=1S/C33H34FN5O/c34-29-13-11-25(12-14-29)30-15-16-31(36-35-30)37-19-17-28(18-20-37)33(40)39-23-21-38(22-24-39)32(26-7-3-1-4-8-26)27-9-5-2-6-10-27/h1-16,28,32H,17-24H2. The van der Waals surface area contributed by atoms with E-state index in [4.69, 9.17) is 0 Å². The molecule has 3 heterocycles. The van der Waals surface area contributed by atoms with Crippen LogP contribution in [-0.4, -0.2) is 65.2 Å². The minimum Gasteiger partial charge on any atom is -0.355 e. The van der Waals surface area contributed by atoms with Crippen LogP contribution in [0, 0.1) is 11.7 Å². The molecular formula is C33H34FN5O. The number of aromatic nitrogens is 2. The smallest absolute Gasteiger partial charge is 0.225 e. The molecule has 0 radical (unpaired) electrons. The van der Waals surface area contributed by atoms with Gasteiger partial charge in [-0.25, -0.2) is 4.39 Å². The van der Waals surface area contributed by atoms with Crippen molar-refractivity contribution < 1.29 is 9.18 Å². The van der Waals surface area contributed by atoms with Gasteiger partial charge in [0.25, 0.3) is 0 Å². The maximum absolute atomic E-state index is 13.5. The maximum atomic E-state index is 13.5. The number of halogens is 1. The highest BCUT2D eigenvalue weighted by atomic mass is 19.1. The zero-order valence-corrected chi connectivity index (χ0v) is 22.6. The average molecular weight is 536 g/mol. The molecule has 0 N–H and O–H groups in total. The number of benzene rings is 3. The van der Waals surface area contributed by atoms with E-state index in [9.17, 15) is 9.18 Å². The Morgan fingerprint density at radius 1 is 0.700 bits per heavy atom. The quantitative estimate of drug-likeness (QED) is 0.330. The molecule has 1 amide bonds. The molecule has 7 heteroatoms. The van der Waals surface area contributed by atoms with Crippen LogP contribution in [0.4, 0.5) is 10.2 Å². The number of piperazine rings is 1. The van der Waals surface area contributed by atoms with Crippen LogP contribution >= 0.6 is 0 Å². The third-order valence-electron chi connectivity index (χ3n) is 8.18. The summed E-state index contributed by atoms with van der Waals surface area (Å²) >= 11 is 0. The summed E-state index contributed by atoms with van der Waals surface area (Å²) in [4.78, 5) is 20.3. The molecule has 0 aliphatic carbocycles. The number of amides is 1. The van der Waals surface area contributed by atoms with Crippen LogP contribution in [0.5, 0.6) is 0 Å². The summed E-state index contributed by atoms with van der Waals surface area (Å²) in [5, 5.41) is 8.77. The van der Waals surface area contributed by atoms with Crippen LogP contribution in [0.1, 0.15) is 30.0 Å². The van der Waals surface area contributed by atoms with Gasteiger partial charge in [-0.3, -0.25) is 9.69 Å². The van der Waals surface area contributed by atoms with Gasteiger partial charge in [0.05, 0.1) is 11.7 Å². The fraction of sp³-hybridized carbons (Fsp3) is 0.303. The van der Waals surface area contributed by atoms with Crippen LogP contribution in [0.25, 0.3) is 11.3 Å². The van der Waals surface area contributed by atoms with Gasteiger partial charge in [-0.15, -0.1) is 10.2 Å². The molecule has 4 aromatic rings. The first-order valence-electron chi connectivity index (χ1n) is 14.1. The zero-order chi connectivity index (χ0) is 27.3. The number of anilines is 1. The van der Waals surface area contributed by atoms with E-state index in [0.717, 1.165) is 69.2 Å². The van der Waals surface area contributed by atoms with Crippen LogP contribution < -0.4 is 4.90 Å². The fourth-order valence-electron chi connectivity index (χ4n) is 5.97. The third-order valence-corrected chi connectivity index (χ3v) is 8.18. The van der Waals surface area contributed by atoms with Crippen molar-refractivity contribution in [3.63, 3.8) is 0 Å². The molecular weight excluding hydrogens is 501 g/mol. The van der Waals surface area contributed by atoms with Crippen molar-refractivity contribution in [2.45, 2.75) is 18.9 Å². The van der Waals surface area contributed by atoms with Crippen molar-refractivity contribution >= 4 is 11.7 Å². The molecule has 2 fully saturated rings. The average Bonchev–Trinajstić information content (AvgIpc) is 3.03. The van der Waals surface area contributed by atoms with E-state index in [-0.39, 0.29) is 23.7 Å². The number of carbonyl (C=O) groups is 1. The first-order chi connectivity index (χ1) is 19.7. The molecule has 1 aromatic heterocycles. The minimum absolute atomic E-state index is 0.0493. The number of rotatable bonds is 6. The summed E-state index contributed by atoms with van der Waals surface area (Å²) in [6.07, 6.45) is 1.63.